The lowest BCUT2D eigenvalue weighted by molar-refractivity contribution is 0.277. The average Bonchev–Trinajstić information content (AvgIpc) is 2.80. The van der Waals surface area contributed by atoms with Gasteiger partial charge in [-0.15, -0.1) is 0 Å². The lowest BCUT2D eigenvalue weighted by Gasteiger charge is -2.10. The highest BCUT2D eigenvalue weighted by Gasteiger charge is 2.23. The smallest absolute Gasteiger partial charge is 0.281 e. The molecule has 0 spiro atoms. The van der Waals surface area contributed by atoms with Crippen LogP contribution in [0.3, 0.4) is 0 Å². The third kappa shape index (κ3) is 3.01. The van der Waals surface area contributed by atoms with Crippen molar-refractivity contribution in [1.82, 2.24) is 10.2 Å². The highest BCUT2D eigenvalue weighted by Crippen LogP contribution is 2.24. The van der Waals surface area contributed by atoms with Crippen LogP contribution in [0.5, 0.6) is 5.75 Å². The third-order valence-corrected chi connectivity index (χ3v) is 4.45. The Morgan fingerprint density at radius 3 is 2.67 bits per heavy atom. The molecular formula is C13H17N3O4S. The molecule has 0 aliphatic carbocycles. The highest BCUT2D eigenvalue weighted by atomic mass is 32.2. The van der Waals surface area contributed by atoms with Crippen molar-refractivity contribution in [3.8, 4) is 5.75 Å². The molecule has 7 nitrogen and oxygen atoms in total. The molecule has 0 saturated carbocycles. The lowest BCUT2D eigenvalue weighted by atomic mass is 10.2. The maximum Gasteiger partial charge on any atom is 0.281 e. The van der Waals surface area contributed by atoms with Crippen LogP contribution in [-0.4, -0.2) is 30.8 Å². The molecular weight excluding hydrogens is 294 g/mol. The molecule has 0 saturated heterocycles. The van der Waals surface area contributed by atoms with Crippen LogP contribution in [0.2, 0.25) is 0 Å². The van der Waals surface area contributed by atoms with Crippen LogP contribution in [0.1, 0.15) is 16.8 Å². The number of aliphatic hydroxyl groups is 1. The van der Waals surface area contributed by atoms with E-state index in [4.69, 9.17) is 4.74 Å². The Morgan fingerprint density at radius 1 is 1.38 bits per heavy atom. The first-order chi connectivity index (χ1) is 9.89. The number of sulfonamides is 1. The maximum atomic E-state index is 12.3. The number of hydrogen-bond donors (Lipinski definition) is 3. The zero-order valence-electron chi connectivity index (χ0n) is 12.0. The molecule has 0 amide bonds. The molecule has 1 aromatic heterocycles. The van der Waals surface area contributed by atoms with Gasteiger partial charge in [0.25, 0.3) is 10.0 Å². The second kappa shape index (κ2) is 5.74. The van der Waals surface area contributed by atoms with E-state index in [0.717, 1.165) is 5.56 Å². The van der Waals surface area contributed by atoms with Crippen LogP contribution >= 0.6 is 0 Å². The molecule has 114 valence electrons. The minimum absolute atomic E-state index is 0.198. The minimum Gasteiger partial charge on any atom is -0.496 e. The summed E-state index contributed by atoms with van der Waals surface area (Å²) in [6.07, 6.45) is 0. The molecule has 0 aliphatic rings. The zero-order valence-corrected chi connectivity index (χ0v) is 12.8. The number of anilines is 1. The SMILES string of the molecule is COc1ccc(NS(=O)(=O)c2n[nH]c(C)c2CO)cc1C. The zero-order chi connectivity index (χ0) is 15.6. The fraction of sp³-hybridized carbons (Fsp3) is 0.308. The van der Waals surface area contributed by atoms with Gasteiger partial charge in [0.2, 0.25) is 5.03 Å². The largest absolute Gasteiger partial charge is 0.496 e. The Kier molecular flexibility index (Phi) is 4.19. The number of aromatic amines is 1. The molecule has 8 heteroatoms. The van der Waals surface area contributed by atoms with Gasteiger partial charge in [-0.1, -0.05) is 0 Å². The van der Waals surface area contributed by atoms with Crippen molar-refractivity contribution in [1.29, 1.82) is 0 Å². The molecule has 1 heterocycles. The predicted octanol–water partition coefficient (Wildman–Crippen LogP) is 1.33. The van der Waals surface area contributed by atoms with E-state index in [1.807, 2.05) is 6.92 Å². The number of aromatic nitrogens is 2. The summed E-state index contributed by atoms with van der Waals surface area (Å²) >= 11 is 0. The second-order valence-electron chi connectivity index (χ2n) is 4.58. The van der Waals surface area contributed by atoms with Gasteiger partial charge in [-0.2, -0.15) is 13.5 Å². The number of hydrogen-bond acceptors (Lipinski definition) is 5. The van der Waals surface area contributed by atoms with Crippen LogP contribution in [0.25, 0.3) is 0 Å². The monoisotopic (exact) mass is 311 g/mol. The quantitative estimate of drug-likeness (QED) is 0.772. The number of rotatable bonds is 5. The topological polar surface area (TPSA) is 104 Å². The summed E-state index contributed by atoms with van der Waals surface area (Å²) in [5.41, 5.74) is 1.98. The van der Waals surface area contributed by atoms with Gasteiger partial charge in [-0.3, -0.25) is 9.82 Å². The Hall–Kier alpha value is -2.06. The van der Waals surface area contributed by atoms with Crippen molar-refractivity contribution < 1.29 is 18.3 Å². The Labute approximate surface area is 123 Å². The lowest BCUT2D eigenvalue weighted by Crippen LogP contribution is -2.15. The molecule has 0 fully saturated rings. The molecule has 0 unspecified atom stereocenters. The fourth-order valence-electron chi connectivity index (χ4n) is 1.98. The third-order valence-electron chi connectivity index (χ3n) is 3.10. The number of aliphatic hydroxyl groups excluding tert-OH is 1. The first kappa shape index (κ1) is 15.3. The number of aryl methyl sites for hydroxylation is 2. The molecule has 21 heavy (non-hydrogen) atoms. The van der Waals surface area contributed by atoms with E-state index in [1.54, 1.807) is 32.2 Å². The van der Waals surface area contributed by atoms with E-state index in [-0.39, 0.29) is 10.6 Å². The van der Waals surface area contributed by atoms with Gasteiger partial charge in [0.1, 0.15) is 5.75 Å². The Balaban J connectivity index is 2.35. The van der Waals surface area contributed by atoms with E-state index in [1.165, 1.54) is 0 Å². The van der Waals surface area contributed by atoms with Crippen molar-refractivity contribution in [2.75, 3.05) is 11.8 Å². The van der Waals surface area contributed by atoms with Crippen molar-refractivity contribution in [3.63, 3.8) is 0 Å². The number of H-pyrrole nitrogens is 1. The van der Waals surface area contributed by atoms with E-state index in [2.05, 4.69) is 14.9 Å². The van der Waals surface area contributed by atoms with Gasteiger partial charge in [0.15, 0.2) is 0 Å². The average molecular weight is 311 g/mol. The minimum atomic E-state index is -3.86. The number of ether oxygens (including phenoxy) is 1. The standard InChI is InChI=1S/C13H17N3O4S/c1-8-6-10(4-5-12(8)20-3)16-21(18,19)13-11(7-17)9(2)14-15-13/h4-6,16-17H,7H2,1-3H3,(H,14,15). The van der Waals surface area contributed by atoms with Crippen molar-refractivity contribution >= 4 is 15.7 Å². The molecule has 0 radical (unpaired) electrons. The summed E-state index contributed by atoms with van der Waals surface area (Å²) < 4.78 is 32.2. The van der Waals surface area contributed by atoms with Crippen molar-refractivity contribution in [2.24, 2.45) is 0 Å². The summed E-state index contributed by atoms with van der Waals surface area (Å²) in [4.78, 5) is 0. The number of nitrogens with zero attached hydrogens (tertiary/aromatic N) is 1. The predicted molar refractivity (Wildman–Crippen MR) is 77.8 cm³/mol. The first-order valence-electron chi connectivity index (χ1n) is 6.21. The van der Waals surface area contributed by atoms with Crippen LogP contribution in [0, 0.1) is 13.8 Å². The Morgan fingerprint density at radius 2 is 2.10 bits per heavy atom. The maximum absolute atomic E-state index is 12.3. The van der Waals surface area contributed by atoms with Crippen LogP contribution < -0.4 is 9.46 Å². The van der Waals surface area contributed by atoms with Crippen LogP contribution in [0.15, 0.2) is 23.2 Å². The molecule has 0 bridgehead atoms. The van der Waals surface area contributed by atoms with Crippen LogP contribution in [-0.2, 0) is 16.6 Å². The van der Waals surface area contributed by atoms with Gasteiger partial charge in [0.05, 0.1) is 13.7 Å². The normalized spacial score (nSPS) is 11.4. The molecule has 1 aromatic carbocycles. The van der Waals surface area contributed by atoms with Gasteiger partial charge in [-0.05, 0) is 37.6 Å². The summed E-state index contributed by atoms with van der Waals surface area (Å²) in [5.74, 6) is 0.671. The van der Waals surface area contributed by atoms with E-state index < -0.39 is 16.6 Å². The fourth-order valence-corrected chi connectivity index (χ4v) is 3.23. The van der Waals surface area contributed by atoms with Crippen molar-refractivity contribution in [3.05, 3.63) is 35.0 Å². The van der Waals surface area contributed by atoms with Gasteiger partial charge in [-0.25, -0.2) is 0 Å². The van der Waals surface area contributed by atoms with E-state index in [0.29, 0.717) is 17.1 Å². The van der Waals surface area contributed by atoms with Gasteiger partial charge in [0, 0.05) is 16.9 Å². The molecule has 3 N–H and O–H groups in total. The van der Waals surface area contributed by atoms with Gasteiger partial charge >= 0.3 is 0 Å². The molecule has 0 aliphatic heterocycles. The number of nitrogens with one attached hydrogen (secondary N) is 2. The van der Waals surface area contributed by atoms with Crippen LogP contribution in [0.4, 0.5) is 5.69 Å². The van der Waals surface area contributed by atoms with Gasteiger partial charge < -0.3 is 9.84 Å². The highest BCUT2D eigenvalue weighted by molar-refractivity contribution is 7.92. The molecule has 0 atom stereocenters. The summed E-state index contributed by atoms with van der Waals surface area (Å²) in [6, 6.07) is 4.94. The summed E-state index contributed by atoms with van der Waals surface area (Å²) in [5, 5.41) is 15.4. The molecule has 2 rings (SSSR count). The summed E-state index contributed by atoms with van der Waals surface area (Å²) in [7, 11) is -2.32. The number of benzene rings is 1. The van der Waals surface area contributed by atoms with E-state index in [9.17, 15) is 13.5 Å². The van der Waals surface area contributed by atoms with E-state index >= 15 is 0 Å². The Bertz CT molecular complexity index is 753. The van der Waals surface area contributed by atoms with Crippen molar-refractivity contribution in [2.45, 2.75) is 25.5 Å². The first-order valence-corrected chi connectivity index (χ1v) is 7.69. The number of methoxy groups -OCH3 is 1. The molecule has 2 aromatic rings. The summed E-state index contributed by atoms with van der Waals surface area (Å²) in [6.45, 7) is 3.06. The second-order valence-corrected chi connectivity index (χ2v) is 6.18.